The van der Waals surface area contributed by atoms with E-state index in [1.165, 1.54) is 27.9 Å². The number of carbonyl (C=O) groups excluding carboxylic acids is 2. The molecule has 2 N–H and O–H groups in total. The van der Waals surface area contributed by atoms with Crippen LogP contribution in [0.15, 0.2) is 59.5 Å². The summed E-state index contributed by atoms with van der Waals surface area (Å²) in [6.07, 6.45) is 1.62. The number of benzene rings is 2. The van der Waals surface area contributed by atoms with E-state index in [4.69, 9.17) is 0 Å². The van der Waals surface area contributed by atoms with Crippen molar-refractivity contribution in [2.24, 2.45) is 0 Å². The fourth-order valence-corrected chi connectivity index (χ4v) is 3.64. The highest BCUT2D eigenvalue weighted by molar-refractivity contribution is 5.96. The lowest BCUT2D eigenvalue weighted by molar-refractivity contribution is 0.0670. The number of nitrogens with zero attached hydrogens (tertiary/aromatic N) is 3. The molecule has 0 saturated carbocycles. The highest BCUT2D eigenvalue weighted by Crippen LogP contribution is 2.24. The molecule has 0 fully saturated rings. The molecule has 3 aromatic rings. The number of pyridine rings is 1. The zero-order valence-corrected chi connectivity index (χ0v) is 17.3. The molecule has 1 aliphatic rings. The molecule has 0 radical (unpaired) electrons. The van der Waals surface area contributed by atoms with Gasteiger partial charge in [0.2, 0.25) is 5.43 Å². The summed E-state index contributed by atoms with van der Waals surface area (Å²) in [5, 5.41) is 15.3. The van der Waals surface area contributed by atoms with Gasteiger partial charge in [-0.05, 0) is 35.4 Å². The summed E-state index contributed by atoms with van der Waals surface area (Å²) in [7, 11) is 1.81. The third kappa shape index (κ3) is 3.92. The maximum absolute atomic E-state index is 13.3. The van der Waals surface area contributed by atoms with Gasteiger partial charge >= 0.3 is 0 Å². The molecule has 2 aromatic carbocycles. The molecule has 1 aromatic heterocycles. The van der Waals surface area contributed by atoms with Crippen molar-refractivity contribution in [3.63, 3.8) is 0 Å². The van der Waals surface area contributed by atoms with E-state index in [-0.39, 0.29) is 30.3 Å². The van der Waals surface area contributed by atoms with Gasteiger partial charge in [0.1, 0.15) is 12.5 Å². The van der Waals surface area contributed by atoms with E-state index < -0.39 is 17.1 Å². The van der Waals surface area contributed by atoms with Gasteiger partial charge in [0.05, 0.1) is 12.1 Å². The number of halogens is 1. The number of aldehydes is 1. The van der Waals surface area contributed by atoms with Crippen LogP contribution in [0.5, 0.6) is 5.75 Å². The van der Waals surface area contributed by atoms with Crippen molar-refractivity contribution in [1.29, 1.82) is 0 Å². The molecule has 0 saturated heterocycles. The van der Waals surface area contributed by atoms with Gasteiger partial charge in [0, 0.05) is 25.5 Å². The minimum atomic E-state index is -0.901. The Kier molecular flexibility index (Phi) is 5.63. The van der Waals surface area contributed by atoms with Crippen LogP contribution in [0.25, 0.3) is 0 Å². The fraction of sp³-hybridized carbons (Fsp3) is 0.174. The Labute approximate surface area is 183 Å². The highest BCUT2D eigenvalue weighted by Gasteiger charge is 2.33. The molecule has 0 aliphatic carbocycles. The van der Waals surface area contributed by atoms with Crippen LogP contribution in [0, 0.1) is 5.82 Å². The smallest absolute Gasteiger partial charge is 0.278 e. The number of hydrogen-bond donors (Lipinski definition) is 2. The number of hydrogen-bond acceptors (Lipinski definition) is 6. The zero-order chi connectivity index (χ0) is 22.8. The van der Waals surface area contributed by atoms with Crippen molar-refractivity contribution in [2.75, 3.05) is 24.0 Å². The number of rotatable bonds is 6. The van der Waals surface area contributed by atoms with E-state index in [1.807, 2.05) is 31.3 Å². The molecule has 164 valence electrons. The van der Waals surface area contributed by atoms with Crippen LogP contribution >= 0.6 is 0 Å². The minimum Gasteiger partial charge on any atom is -0.502 e. The van der Waals surface area contributed by atoms with Gasteiger partial charge in [-0.3, -0.25) is 24.1 Å². The van der Waals surface area contributed by atoms with Gasteiger partial charge in [0.15, 0.2) is 17.7 Å². The molecule has 0 unspecified atom stereocenters. The van der Waals surface area contributed by atoms with E-state index >= 15 is 0 Å². The third-order valence-corrected chi connectivity index (χ3v) is 5.34. The molecule has 8 nitrogen and oxygen atoms in total. The van der Waals surface area contributed by atoms with Crippen LogP contribution in [-0.2, 0) is 13.1 Å². The molecule has 0 spiro atoms. The van der Waals surface area contributed by atoms with Crippen molar-refractivity contribution in [3.05, 3.63) is 93.2 Å². The summed E-state index contributed by atoms with van der Waals surface area (Å²) in [6, 6.07) is 13.4. The first-order valence-corrected chi connectivity index (χ1v) is 9.90. The number of aromatic hydroxyl groups is 1. The van der Waals surface area contributed by atoms with Gasteiger partial charge < -0.3 is 15.3 Å². The Morgan fingerprint density at radius 3 is 2.28 bits per heavy atom. The Balaban J connectivity index is 1.75. The fourth-order valence-electron chi connectivity index (χ4n) is 3.64. The second kappa shape index (κ2) is 8.54. The monoisotopic (exact) mass is 436 g/mol. The van der Waals surface area contributed by atoms with Crippen molar-refractivity contribution in [2.45, 2.75) is 13.1 Å². The van der Waals surface area contributed by atoms with Gasteiger partial charge in [-0.2, -0.15) is 0 Å². The number of carbonyl (C=O) groups is 2. The Bertz CT molecular complexity index is 1220. The van der Waals surface area contributed by atoms with Crippen LogP contribution in [-0.4, -0.2) is 40.6 Å². The van der Waals surface area contributed by atoms with Crippen molar-refractivity contribution < 1.29 is 19.1 Å². The summed E-state index contributed by atoms with van der Waals surface area (Å²) in [4.78, 5) is 38.3. The van der Waals surface area contributed by atoms with Crippen LogP contribution in [0.4, 0.5) is 10.1 Å². The molecule has 32 heavy (non-hydrogen) atoms. The largest absolute Gasteiger partial charge is 0.502 e. The van der Waals surface area contributed by atoms with Gasteiger partial charge in [-0.1, -0.05) is 24.3 Å². The van der Waals surface area contributed by atoms with Gasteiger partial charge in [0.25, 0.3) is 5.91 Å². The molecule has 0 atom stereocenters. The van der Waals surface area contributed by atoms with E-state index in [1.54, 1.807) is 17.1 Å². The molecule has 2 heterocycles. The average Bonchev–Trinajstić information content (AvgIpc) is 2.80. The first kappa shape index (κ1) is 21.1. The van der Waals surface area contributed by atoms with E-state index in [2.05, 4.69) is 5.32 Å². The maximum atomic E-state index is 13.3. The van der Waals surface area contributed by atoms with Crippen LogP contribution in [0.1, 0.15) is 32.0 Å². The number of fused-ring (bicyclic) bond motifs is 1. The lowest BCUT2D eigenvalue weighted by atomic mass is 10.1. The molecular formula is C23H21FN4O4. The molecular weight excluding hydrogens is 415 g/mol. The first-order valence-electron chi connectivity index (χ1n) is 9.90. The Hall–Kier alpha value is -4.14. The zero-order valence-electron chi connectivity index (χ0n) is 17.3. The number of anilines is 1. The molecule has 0 bridgehead atoms. The maximum Gasteiger partial charge on any atom is 0.278 e. The molecule has 1 aliphatic heterocycles. The van der Waals surface area contributed by atoms with Crippen LogP contribution in [0.3, 0.4) is 0 Å². The summed E-state index contributed by atoms with van der Waals surface area (Å²) in [6.45, 7) is 0.611. The Morgan fingerprint density at radius 2 is 1.66 bits per heavy atom. The normalized spacial score (nSPS) is 13.1. The third-order valence-electron chi connectivity index (χ3n) is 5.34. The Morgan fingerprint density at radius 1 is 1.03 bits per heavy atom. The highest BCUT2D eigenvalue weighted by atomic mass is 19.1. The van der Waals surface area contributed by atoms with Crippen molar-refractivity contribution in [1.82, 2.24) is 9.58 Å². The summed E-state index contributed by atoms with van der Waals surface area (Å²) in [5.74, 6) is -1.73. The average molecular weight is 436 g/mol. The quantitative estimate of drug-likeness (QED) is 0.576. The molecule has 9 heteroatoms. The predicted octanol–water partition coefficient (Wildman–Crippen LogP) is 2.30. The van der Waals surface area contributed by atoms with Crippen LogP contribution < -0.4 is 15.8 Å². The number of nitrogens with one attached hydrogen (secondary N) is 1. The summed E-state index contributed by atoms with van der Waals surface area (Å²) in [5.41, 5.74) is 1.17. The van der Waals surface area contributed by atoms with E-state index in [0.29, 0.717) is 18.4 Å². The second-order valence-corrected chi connectivity index (χ2v) is 7.46. The topological polar surface area (TPSA) is 94.9 Å². The van der Waals surface area contributed by atoms with Crippen molar-refractivity contribution >= 4 is 17.9 Å². The van der Waals surface area contributed by atoms with E-state index in [0.717, 1.165) is 11.3 Å². The van der Waals surface area contributed by atoms with Gasteiger partial charge in [-0.15, -0.1) is 0 Å². The summed E-state index contributed by atoms with van der Waals surface area (Å²) < 4.78 is 14.6. The molecule has 4 rings (SSSR count). The van der Waals surface area contributed by atoms with Crippen LogP contribution in [0.2, 0.25) is 0 Å². The predicted molar refractivity (Wildman–Crippen MR) is 117 cm³/mol. The lowest BCUT2D eigenvalue weighted by Gasteiger charge is -2.40. The second-order valence-electron chi connectivity index (χ2n) is 7.46. The standard InChI is InChI=1S/C23H21FN4O4/c1-25-19-8-4-16(5-9-19)11-27-14-26(10-15-2-6-18(24)7-3-15)23(32)20-22(31)21(30)17(13-29)12-28(20)27/h2-9,12-13,25,31H,10-11,14H2,1H3. The van der Waals surface area contributed by atoms with E-state index in [9.17, 15) is 23.9 Å². The first-order chi connectivity index (χ1) is 15.4. The molecule has 1 amide bonds. The SMILES string of the molecule is CNc1ccc(CN2CN(Cc3ccc(F)cc3)C(=O)c3c(O)c(=O)c(C=O)cn32)cc1. The number of amides is 1. The summed E-state index contributed by atoms with van der Waals surface area (Å²) >= 11 is 0. The minimum absolute atomic E-state index is 0.123. The van der Waals surface area contributed by atoms with Gasteiger partial charge in [-0.25, -0.2) is 4.39 Å². The number of aromatic nitrogens is 1. The van der Waals surface area contributed by atoms with Crippen molar-refractivity contribution in [3.8, 4) is 5.75 Å². The lowest BCUT2D eigenvalue weighted by Crippen LogP contribution is -2.53.